The van der Waals surface area contributed by atoms with Crippen LogP contribution in [-0.4, -0.2) is 11.6 Å². The summed E-state index contributed by atoms with van der Waals surface area (Å²) in [6, 6.07) is 0. The lowest BCUT2D eigenvalue weighted by Crippen LogP contribution is -2.51. The fourth-order valence-corrected chi connectivity index (χ4v) is 2.50. The first kappa shape index (κ1) is 14.4. The fourth-order valence-electron chi connectivity index (χ4n) is 2.50. The van der Waals surface area contributed by atoms with Gasteiger partial charge in [-0.3, -0.25) is 4.79 Å². The molecule has 90 valence electrons. The highest BCUT2D eigenvalue weighted by molar-refractivity contribution is 5.84. The van der Waals surface area contributed by atoms with Crippen molar-refractivity contribution < 1.29 is 9.18 Å². The summed E-state index contributed by atoms with van der Waals surface area (Å²) in [5, 5.41) is 0. The molecule has 0 rings (SSSR count). The lowest BCUT2D eigenvalue weighted by Gasteiger charge is -2.36. The van der Waals surface area contributed by atoms with Crippen LogP contribution in [0.25, 0.3) is 0 Å². The number of hydrogen-bond acceptors (Lipinski definition) is 1. The Labute approximate surface area is 92.4 Å². The zero-order valence-electron chi connectivity index (χ0n) is 10.3. The smallest absolute Gasteiger partial charge is 0.255 e. The Kier molecular flexibility index (Phi) is 5.84. The van der Waals surface area contributed by atoms with E-state index in [1.807, 2.05) is 27.7 Å². The second-order valence-electron chi connectivity index (χ2n) is 4.16. The van der Waals surface area contributed by atoms with Crippen LogP contribution in [0.5, 0.6) is 0 Å². The Morgan fingerprint density at radius 3 is 1.47 bits per heavy atom. The molecule has 15 heavy (non-hydrogen) atoms. The van der Waals surface area contributed by atoms with Gasteiger partial charge in [0.05, 0.1) is 0 Å². The molecule has 3 heteroatoms. The Bertz CT molecular complexity index is 186. The van der Waals surface area contributed by atoms with Crippen LogP contribution in [0.2, 0.25) is 0 Å². The highest BCUT2D eigenvalue weighted by atomic mass is 19.1. The van der Waals surface area contributed by atoms with E-state index in [9.17, 15) is 9.18 Å². The molecule has 0 saturated heterocycles. The fraction of sp³-hybridized carbons (Fsp3) is 0.917. The van der Waals surface area contributed by atoms with E-state index in [0.717, 1.165) is 0 Å². The monoisotopic (exact) mass is 217 g/mol. The SMILES string of the molecule is CCC(CC)C(F)(C(N)=O)C(CC)CC. The Morgan fingerprint density at radius 1 is 1.07 bits per heavy atom. The standard InChI is InChI=1S/C12H24FNO/c1-5-9(6-2)12(13,11(14)15)10(7-3)8-4/h9-10H,5-8H2,1-4H3,(H2,14,15). The topological polar surface area (TPSA) is 43.1 Å². The van der Waals surface area contributed by atoms with Crippen molar-refractivity contribution in [3.8, 4) is 0 Å². The lowest BCUT2D eigenvalue weighted by atomic mass is 9.73. The molecule has 1 amide bonds. The summed E-state index contributed by atoms with van der Waals surface area (Å²) in [4.78, 5) is 11.4. The van der Waals surface area contributed by atoms with Crippen LogP contribution in [0.15, 0.2) is 0 Å². The number of hydrogen-bond donors (Lipinski definition) is 1. The zero-order chi connectivity index (χ0) is 12.1. The minimum Gasteiger partial charge on any atom is -0.367 e. The first-order valence-electron chi connectivity index (χ1n) is 5.97. The van der Waals surface area contributed by atoms with E-state index in [2.05, 4.69) is 0 Å². The Morgan fingerprint density at radius 2 is 1.33 bits per heavy atom. The maximum Gasteiger partial charge on any atom is 0.255 e. The highest BCUT2D eigenvalue weighted by Crippen LogP contribution is 2.38. The molecule has 0 aromatic carbocycles. The van der Waals surface area contributed by atoms with Gasteiger partial charge in [0.2, 0.25) is 0 Å². The normalized spacial score (nSPS) is 12.5. The minimum atomic E-state index is -1.83. The molecule has 0 aromatic rings. The molecule has 0 bridgehead atoms. The van der Waals surface area contributed by atoms with E-state index < -0.39 is 11.6 Å². The van der Waals surface area contributed by atoms with E-state index >= 15 is 0 Å². The van der Waals surface area contributed by atoms with Crippen LogP contribution >= 0.6 is 0 Å². The van der Waals surface area contributed by atoms with Gasteiger partial charge in [-0.25, -0.2) is 4.39 Å². The van der Waals surface area contributed by atoms with Gasteiger partial charge in [-0.05, 0) is 25.7 Å². The molecule has 0 aliphatic heterocycles. The number of halogens is 1. The van der Waals surface area contributed by atoms with Gasteiger partial charge in [-0.15, -0.1) is 0 Å². The van der Waals surface area contributed by atoms with Gasteiger partial charge < -0.3 is 5.73 Å². The van der Waals surface area contributed by atoms with E-state index in [-0.39, 0.29) is 11.8 Å². The third kappa shape index (κ3) is 2.70. The van der Waals surface area contributed by atoms with Crippen LogP contribution in [0.1, 0.15) is 53.4 Å². The van der Waals surface area contributed by atoms with Gasteiger partial charge >= 0.3 is 0 Å². The van der Waals surface area contributed by atoms with E-state index in [1.54, 1.807) is 0 Å². The summed E-state index contributed by atoms with van der Waals surface area (Å²) < 4.78 is 14.8. The van der Waals surface area contributed by atoms with Gasteiger partial charge in [0.15, 0.2) is 5.67 Å². The number of primary amides is 1. The number of alkyl halides is 1. The van der Waals surface area contributed by atoms with Crippen LogP contribution in [0, 0.1) is 11.8 Å². The molecule has 0 aliphatic rings. The summed E-state index contributed by atoms with van der Waals surface area (Å²) in [5.74, 6) is -1.29. The quantitative estimate of drug-likeness (QED) is 0.699. The summed E-state index contributed by atoms with van der Waals surface area (Å²) in [6.45, 7) is 7.64. The molecule has 2 nitrogen and oxygen atoms in total. The van der Waals surface area contributed by atoms with Crippen LogP contribution < -0.4 is 5.73 Å². The molecule has 0 fully saturated rings. The Balaban J connectivity index is 5.10. The van der Waals surface area contributed by atoms with Crippen molar-refractivity contribution in [2.45, 2.75) is 59.0 Å². The van der Waals surface area contributed by atoms with Crippen molar-refractivity contribution in [2.24, 2.45) is 17.6 Å². The second-order valence-corrected chi connectivity index (χ2v) is 4.16. The van der Waals surface area contributed by atoms with Crippen molar-refractivity contribution in [3.05, 3.63) is 0 Å². The summed E-state index contributed by atoms with van der Waals surface area (Å²) in [7, 11) is 0. The second kappa shape index (κ2) is 6.09. The number of carbonyl (C=O) groups excluding carboxylic acids is 1. The third-order valence-corrected chi connectivity index (χ3v) is 3.54. The van der Waals surface area contributed by atoms with Gasteiger partial charge in [0, 0.05) is 11.8 Å². The summed E-state index contributed by atoms with van der Waals surface area (Å²) in [5.41, 5.74) is 3.43. The van der Waals surface area contributed by atoms with Crippen molar-refractivity contribution >= 4 is 5.91 Å². The Hall–Kier alpha value is -0.600. The van der Waals surface area contributed by atoms with Gasteiger partial charge in [-0.2, -0.15) is 0 Å². The predicted molar refractivity (Wildman–Crippen MR) is 61.2 cm³/mol. The highest BCUT2D eigenvalue weighted by Gasteiger charge is 2.48. The van der Waals surface area contributed by atoms with E-state index in [0.29, 0.717) is 25.7 Å². The molecule has 0 atom stereocenters. The lowest BCUT2D eigenvalue weighted by molar-refractivity contribution is -0.139. The molecule has 0 radical (unpaired) electrons. The predicted octanol–water partition coefficient (Wildman–Crippen LogP) is 3.05. The largest absolute Gasteiger partial charge is 0.367 e. The number of rotatable bonds is 7. The molecule has 0 saturated carbocycles. The molecular formula is C12H24FNO. The molecule has 2 N–H and O–H groups in total. The molecule has 0 aliphatic carbocycles. The summed E-state index contributed by atoms with van der Waals surface area (Å²) >= 11 is 0. The van der Waals surface area contributed by atoms with Crippen LogP contribution in [0.3, 0.4) is 0 Å². The van der Waals surface area contributed by atoms with Gasteiger partial charge in [-0.1, -0.05) is 27.7 Å². The molecule has 0 heterocycles. The number of nitrogens with two attached hydrogens (primary N) is 1. The molecule has 0 spiro atoms. The number of carbonyl (C=O) groups is 1. The third-order valence-electron chi connectivity index (χ3n) is 3.54. The first-order chi connectivity index (χ1) is 6.98. The zero-order valence-corrected chi connectivity index (χ0v) is 10.3. The van der Waals surface area contributed by atoms with Crippen molar-refractivity contribution in [1.82, 2.24) is 0 Å². The van der Waals surface area contributed by atoms with Crippen molar-refractivity contribution in [1.29, 1.82) is 0 Å². The van der Waals surface area contributed by atoms with Crippen LogP contribution in [0.4, 0.5) is 4.39 Å². The van der Waals surface area contributed by atoms with Crippen molar-refractivity contribution in [3.63, 3.8) is 0 Å². The average molecular weight is 217 g/mol. The van der Waals surface area contributed by atoms with Gasteiger partial charge in [0.1, 0.15) is 0 Å². The maximum atomic E-state index is 14.8. The molecular weight excluding hydrogens is 193 g/mol. The van der Waals surface area contributed by atoms with E-state index in [4.69, 9.17) is 5.73 Å². The average Bonchev–Trinajstić information content (AvgIpc) is 2.21. The van der Waals surface area contributed by atoms with Gasteiger partial charge in [0.25, 0.3) is 5.91 Å². The van der Waals surface area contributed by atoms with Crippen LogP contribution in [-0.2, 0) is 4.79 Å². The molecule has 0 unspecified atom stereocenters. The first-order valence-corrected chi connectivity index (χ1v) is 5.97. The maximum absolute atomic E-state index is 14.8. The molecule has 0 aromatic heterocycles. The number of amides is 1. The van der Waals surface area contributed by atoms with Crippen molar-refractivity contribution in [2.75, 3.05) is 0 Å². The van der Waals surface area contributed by atoms with E-state index in [1.165, 1.54) is 0 Å². The summed E-state index contributed by atoms with van der Waals surface area (Å²) in [6.07, 6.45) is 2.64. The minimum absolute atomic E-state index is 0.250.